The Labute approximate surface area is 343 Å². The lowest BCUT2D eigenvalue weighted by Crippen LogP contribution is -2.07. The zero-order valence-corrected chi connectivity index (χ0v) is 32.5. The Morgan fingerprint density at radius 1 is 0.417 bits per heavy atom. The maximum absolute atomic E-state index is 14.2. The van der Waals surface area contributed by atoms with E-state index < -0.39 is 11.7 Å². The van der Waals surface area contributed by atoms with Crippen LogP contribution in [0.2, 0.25) is 0 Å². The Morgan fingerprint density at radius 2 is 0.900 bits per heavy atom. The van der Waals surface area contributed by atoms with E-state index in [0.717, 1.165) is 89.1 Å². The number of nitriles is 2. The third kappa shape index (κ3) is 5.74. The smallest absolute Gasteiger partial charge is 0.309 e. The third-order valence-corrected chi connectivity index (χ3v) is 11.7. The molecule has 0 aliphatic carbocycles. The first-order valence-electron chi connectivity index (χ1n) is 19.5. The van der Waals surface area contributed by atoms with Gasteiger partial charge < -0.3 is 9.13 Å². The number of nitrogens with zero attached hydrogens (tertiary/aromatic N) is 4. The summed E-state index contributed by atoms with van der Waals surface area (Å²) >= 11 is 0. The molecule has 7 heteroatoms. The van der Waals surface area contributed by atoms with E-state index in [1.807, 2.05) is 78.9 Å². The number of hydrogen-bond donors (Lipinski definition) is 0. The van der Waals surface area contributed by atoms with Crippen LogP contribution in [-0.2, 0) is 6.18 Å². The summed E-state index contributed by atoms with van der Waals surface area (Å²) in [5.41, 5.74) is 11.0. The molecule has 60 heavy (non-hydrogen) atoms. The number of alkyl halides is 3. The van der Waals surface area contributed by atoms with Crippen LogP contribution >= 0.6 is 0 Å². The normalized spacial score (nSPS) is 11.7. The molecular formula is C53H33F3N4. The topological polar surface area (TPSA) is 57.4 Å². The molecule has 8 aromatic carbocycles. The lowest BCUT2D eigenvalue weighted by Gasteiger charge is -2.20. The maximum atomic E-state index is 14.2. The predicted molar refractivity (Wildman–Crippen MR) is 235 cm³/mol. The standard InChI is InChI=1S/C53H33F3N4/c1-32-11-3-5-13-39(32)34-19-22-44-42-15-7-9-17-47(42)59(50(44)26-34)49-29-46(41-24-21-38(53(54,55)56)25-36(41)30-57)52(28-37(49)31-58)60-48-18-10-8-16-43(48)45-23-20-35(27-51(45)60)40-14-6-4-12-33(40)2/h3-29H,1-2H3. The number of aromatic nitrogens is 2. The number of rotatable bonds is 5. The monoisotopic (exact) mass is 782 g/mol. The lowest BCUT2D eigenvalue weighted by molar-refractivity contribution is -0.137. The van der Waals surface area contributed by atoms with Gasteiger partial charge in [0.25, 0.3) is 0 Å². The van der Waals surface area contributed by atoms with Gasteiger partial charge in [-0.25, -0.2) is 0 Å². The molecule has 0 N–H and O–H groups in total. The highest BCUT2D eigenvalue weighted by Crippen LogP contribution is 2.44. The van der Waals surface area contributed by atoms with Crippen LogP contribution in [0.3, 0.4) is 0 Å². The van der Waals surface area contributed by atoms with Gasteiger partial charge in [0.15, 0.2) is 0 Å². The largest absolute Gasteiger partial charge is 0.416 e. The molecule has 0 saturated carbocycles. The van der Waals surface area contributed by atoms with Crippen molar-refractivity contribution in [3.05, 3.63) is 192 Å². The second-order valence-corrected chi connectivity index (χ2v) is 15.2. The van der Waals surface area contributed by atoms with Gasteiger partial charge in [0.2, 0.25) is 0 Å². The van der Waals surface area contributed by atoms with Crippen LogP contribution in [0.15, 0.2) is 164 Å². The molecule has 4 nitrogen and oxygen atoms in total. The molecule has 0 unspecified atom stereocenters. The van der Waals surface area contributed by atoms with Crippen molar-refractivity contribution >= 4 is 43.6 Å². The summed E-state index contributed by atoms with van der Waals surface area (Å²) in [6, 6.07) is 56.5. The molecule has 2 heterocycles. The first kappa shape index (κ1) is 36.5. The van der Waals surface area contributed by atoms with Gasteiger partial charge in [-0.3, -0.25) is 0 Å². The quantitative estimate of drug-likeness (QED) is 0.175. The molecule has 0 spiro atoms. The second-order valence-electron chi connectivity index (χ2n) is 15.2. The van der Waals surface area contributed by atoms with Crippen molar-refractivity contribution < 1.29 is 13.2 Å². The molecule has 286 valence electrons. The van der Waals surface area contributed by atoms with E-state index in [-0.39, 0.29) is 5.56 Å². The molecule has 2 aromatic heterocycles. The van der Waals surface area contributed by atoms with Gasteiger partial charge in [0.1, 0.15) is 6.07 Å². The van der Waals surface area contributed by atoms with Gasteiger partial charge >= 0.3 is 6.18 Å². The van der Waals surface area contributed by atoms with Crippen LogP contribution in [0.1, 0.15) is 27.8 Å². The van der Waals surface area contributed by atoms with Crippen LogP contribution in [0.5, 0.6) is 0 Å². The predicted octanol–water partition coefficient (Wildman–Crippen LogP) is 14.3. The summed E-state index contributed by atoms with van der Waals surface area (Å²) in [5, 5.41) is 25.6. The van der Waals surface area contributed by atoms with E-state index in [0.29, 0.717) is 28.1 Å². The molecule has 10 aromatic rings. The van der Waals surface area contributed by atoms with Crippen molar-refractivity contribution in [1.29, 1.82) is 10.5 Å². The van der Waals surface area contributed by atoms with Crippen LogP contribution < -0.4 is 0 Å². The minimum absolute atomic E-state index is 0.132. The fourth-order valence-corrected chi connectivity index (χ4v) is 8.89. The molecule has 0 saturated heterocycles. The number of fused-ring (bicyclic) bond motifs is 6. The number of para-hydroxylation sites is 2. The number of halogens is 3. The van der Waals surface area contributed by atoms with Gasteiger partial charge in [-0.15, -0.1) is 0 Å². The first-order valence-corrected chi connectivity index (χ1v) is 19.5. The Morgan fingerprint density at radius 3 is 1.42 bits per heavy atom. The third-order valence-electron chi connectivity index (χ3n) is 11.7. The molecule has 0 radical (unpaired) electrons. The van der Waals surface area contributed by atoms with E-state index in [1.54, 1.807) is 0 Å². The lowest BCUT2D eigenvalue weighted by atomic mass is 9.94. The molecule has 0 aliphatic heterocycles. The van der Waals surface area contributed by atoms with Gasteiger partial charge in [0, 0.05) is 32.7 Å². The summed E-state index contributed by atoms with van der Waals surface area (Å²) in [7, 11) is 0. The zero-order chi connectivity index (χ0) is 41.3. The average molecular weight is 783 g/mol. The van der Waals surface area contributed by atoms with Crippen molar-refractivity contribution in [3.8, 4) is 56.9 Å². The second kappa shape index (κ2) is 13.9. The van der Waals surface area contributed by atoms with Crippen LogP contribution in [0.25, 0.3) is 88.4 Å². The minimum atomic E-state index is -4.65. The van der Waals surface area contributed by atoms with Gasteiger partial charge in [-0.05, 0) is 95.8 Å². The fraction of sp³-hybridized carbons (Fsp3) is 0.0566. The number of aryl methyl sites for hydroxylation is 2. The van der Waals surface area contributed by atoms with E-state index >= 15 is 0 Å². The molecular weight excluding hydrogens is 750 g/mol. The Balaban J connectivity index is 1.34. The SMILES string of the molecule is Cc1ccccc1-c1ccc2c3ccccc3n(-c3cc(-c4ccc(C(F)(F)F)cc4C#N)c(-n4c5ccccc5c5ccc(-c6ccccc6C)cc54)cc3C#N)c2c1. The van der Waals surface area contributed by atoms with Crippen LogP contribution in [-0.4, -0.2) is 9.13 Å². The fourth-order valence-electron chi connectivity index (χ4n) is 8.89. The minimum Gasteiger partial charge on any atom is -0.309 e. The summed E-state index contributed by atoms with van der Waals surface area (Å²) in [6.07, 6.45) is -4.65. The summed E-state index contributed by atoms with van der Waals surface area (Å²) in [5.74, 6) is 0. The van der Waals surface area contributed by atoms with Crippen LogP contribution in [0.4, 0.5) is 13.2 Å². The summed E-state index contributed by atoms with van der Waals surface area (Å²) in [6.45, 7) is 4.14. The van der Waals surface area contributed by atoms with E-state index in [4.69, 9.17) is 0 Å². The molecule has 0 atom stereocenters. The van der Waals surface area contributed by atoms with Crippen molar-refractivity contribution in [2.75, 3.05) is 0 Å². The molecule has 0 bridgehead atoms. The maximum Gasteiger partial charge on any atom is 0.416 e. The Hall–Kier alpha value is -7.87. The van der Waals surface area contributed by atoms with Gasteiger partial charge in [-0.2, -0.15) is 23.7 Å². The number of benzene rings is 8. The van der Waals surface area contributed by atoms with E-state index in [9.17, 15) is 23.7 Å². The highest BCUT2D eigenvalue weighted by Gasteiger charge is 2.32. The van der Waals surface area contributed by atoms with Crippen molar-refractivity contribution in [3.63, 3.8) is 0 Å². The zero-order valence-electron chi connectivity index (χ0n) is 32.5. The molecule has 10 rings (SSSR count). The van der Waals surface area contributed by atoms with Crippen molar-refractivity contribution in [2.45, 2.75) is 20.0 Å². The van der Waals surface area contributed by atoms with Crippen LogP contribution in [0, 0.1) is 36.5 Å². The van der Waals surface area contributed by atoms with Gasteiger partial charge in [0.05, 0.1) is 56.2 Å². The number of hydrogen-bond acceptors (Lipinski definition) is 2. The molecule has 0 aliphatic rings. The molecule has 0 fully saturated rings. The van der Waals surface area contributed by atoms with Crippen molar-refractivity contribution in [2.24, 2.45) is 0 Å². The summed E-state index contributed by atoms with van der Waals surface area (Å²) < 4.78 is 46.6. The highest BCUT2D eigenvalue weighted by atomic mass is 19.4. The summed E-state index contributed by atoms with van der Waals surface area (Å²) in [4.78, 5) is 0. The van der Waals surface area contributed by atoms with Gasteiger partial charge in [-0.1, -0.05) is 115 Å². The van der Waals surface area contributed by atoms with Crippen molar-refractivity contribution in [1.82, 2.24) is 9.13 Å². The first-order chi connectivity index (χ1) is 29.1. The van der Waals surface area contributed by atoms with E-state index in [1.165, 1.54) is 6.07 Å². The Kier molecular flexibility index (Phi) is 8.45. The molecule has 0 amide bonds. The van der Waals surface area contributed by atoms with E-state index in [2.05, 4.69) is 102 Å². The average Bonchev–Trinajstić information content (AvgIpc) is 3.77. The highest BCUT2D eigenvalue weighted by molar-refractivity contribution is 6.12. The Bertz CT molecular complexity index is 3480.